The zero-order chi connectivity index (χ0) is 45.3. The molecule has 0 aliphatic rings. The third kappa shape index (κ3) is 19.9. The summed E-state index contributed by atoms with van der Waals surface area (Å²) in [7, 11) is -26.9. The van der Waals surface area contributed by atoms with Crippen molar-refractivity contribution in [1.82, 2.24) is 0 Å². The maximum Gasteiger partial charge on any atom is 0.480 e. The maximum absolute atomic E-state index is 11.4. The lowest BCUT2D eigenvalue weighted by Gasteiger charge is -2.22. The van der Waals surface area contributed by atoms with Crippen molar-refractivity contribution in [2.24, 2.45) is 0 Å². The minimum absolute atomic E-state index is 0.321. The highest BCUT2D eigenvalue weighted by molar-refractivity contribution is 8.13. The standard InChI is InChI=1S/C24H38N2O2.2C2F6NO4S2/c27-21-9-5-1-3-7-15-25-17-11-23(12-18-25)24-13-19-26(20-14-24)16-8-4-2-6-10-22-28;2*3-1(4,5)14(10,11)9-15(12,13)2(6,7)8/h11-14,17-20,27-28H,1-10,15-16,21-22H2;;/q+2;2*-1. The van der Waals surface area contributed by atoms with Crippen LogP contribution in [0.3, 0.4) is 0 Å². The van der Waals surface area contributed by atoms with Gasteiger partial charge in [-0.05, 0) is 36.8 Å². The van der Waals surface area contributed by atoms with Gasteiger partial charge in [-0.1, -0.05) is 25.7 Å². The number of aliphatic hydroxyl groups excluding tert-OH is 2. The minimum atomic E-state index is -6.72. The van der Waals surface area contributed by atoms with Gasteiger partial charge in [0.2, 0.25) is 0 Å². The van der Waals surface area contributed by atoms with E-state index in [1.807, 2.05) is 0 Å². The molecule has 0 saturated carbocycles. The third-order valence-corrected chi connectivity index (χ3v) is 12.3. The molecule has 0 aliphatic heterocycles. The normalized spacial score (nSPS) is 13.3. The van der Waals surface area contributed by atoms with Gasteiger partial charge in [0.1, 0.15) is 13.1 Å². The molecule has 0 fully saturated rings. The monoisotopic (exact) mass is 946 g/mol. The molecule has 0 amide bonds. The molecule has 0 spiro atoms. The van der Waals surface area contributed by atoms with Crippen molar-refractivity contribution in [3.8, 4) is 11.1 Å². The van der Waals surface area contributed by atoms with Gasteiger partial charge in [-0.2, -0.15) is 52.7 Å². The number of pyridine rings is 2. The van der Waals surface area contributed by atoms with Crippen molar-refractivity contribution in [1.29, 1.82) is 0 Å². The first kappa shape index (κ1) is 55.1. The average Bonchev–Trinajstić information content (AvgIpc) is 3.06. The van der Waals surface area contributed by atoms with Crippen molar-refractivity contribution >= 4 is 40.1 Å². The first-order valence-corrected chi connectivity index (χ1v) is 21.9. The summed E-state index contributed by atoms with van der Waals surface area (Å²) in [6, 6.07) is 8.80. The molecule has 2 heterocycles. The zero-order valence-electron chi connectivity index (χ0n) is 29.6. The van der Waals surface area contributed by atoms with Crippen LogP contribution in [0.1, 0.15) is 64.2 Å². The molecular weight excluding hydrogens is 909 g/mol. The van der Waals surface area contributed by atoms with Gasteiger partial charge < -0.3 is 18.5 Å². The van der Waals surface area contributed by atoms with Crippen LogP contribution < -0.4 is 9.13 Å². The molecule has 0 unspecified atom stereocenters. The van der Waals surface area contributed by atoms with Crippen molar-refractivity contribution in [2.45, 2.75) is 99.3 Å². The predicted octanol–water partition coefficient (Wildman–Crippen LogP) is 5.93. The van der Waals surface area contributed by atoms with Crippen LogP contribution in [-0.2, 0) is 53.2 Å². The lowest BCUT2D eigenvalue weighted by molar-refractivity contribution is -0.697. The van der Waals surface area contributed by atoms with E-state index >= 15 is 0 Å². The molecule has 30 heteroatoms. The van der Waals surface area contributed by atoms with E-state index in [2.05, 4.69) is 58.2 Å². The lowest BCUT2D eigenvalue weighted by atomic mass is 10.1. The van der Waals surface area contributed by atoms with Gasteiger partial charge in [0.15, 0.2) is 64.9 Å². The number of hydrogen-bond donors (Lipinski definition) is 2. The van der Waals surface area contributed by atoms with Gasteiger partial charge in [0.25, 0.3) is 0 Å². The molecule has 14 nitrogen and oxygen atoms in total. The van der Waals surface area contributed by atoms with Crippen LogP contribution in [0.4, 0.5) is 52.7 Å². The van der Waals surface area contributed by atoms with E-state index in [1.165, 1.54) is 49.7 Å². The summed E-state index contributed by atoms with van der Waals surface area (Å²) in [5.74, 6) is 0. The molecule has 2 aromatic rings. The summed E-state index contributed by atoms with van der Waals surface area (Å²) in [6.07, 6.45) is 20.1. The molecule has 0 saturated heterocycles. The molecule has 338 valence electrons. The van der Waals surface area contributed by atoms with Crippen LogP contribution in [0.25, 0.3) is 19.4 Å². The largest absolute Gasteiger partial charge is 0.480 e. The first-order valence-electron chi connectivity index (χ1n) is 16.2. The number of unbranched alkanes of at least 4 members (excludes halogenated alkanes) is 8. The highest BCUT2D eigenvalue weighted by Crippen LogP contribution is 2.37. The van der Waals surface area contributed by atoms with E-state index in [9.17, 15) is 86.4 Å². The Labute approximate surface area is 326 Å². The van der Waals surface area contributed by atoms with Gasteiger partial charge in [-0.15, -0.1) is 0 Å². The van der Waals surface area contributed by atoms with Crippen LogP contribution in [0, 0.1) is 0 Å². The Bertz CT molecular complexity index is 1730. The summed E-state index contributed by atoms with van der Waals surface area (Å²) < 4.78 is 223. The SMILES string of the molecule is O=S(=O)([N-]S(=O)(=O)C(F)(F)F)C(F)(F)F.O=S(=O)([N-]S(=O)(=O)C(F)(F)F)C(F)(F)F.OCCCCCCC[n+]1ccc(-c2cc[n+](CCCCCCCO)cc2)cc1. The topological polar surface area (TPSA) is 213 Å². The van der Waals surface area contributed by atoms with Crippen LogP contribution in [-0.4, -0.2) is 79.1 Å². The Morgan fingerprint density at radius 3 is 0.810 bits per heavy atom. The summed E-state index contributed by atoms with van der Waals surface area (Å²) in [4.78, 5) is 0. The minimum Gasteiger partial charge on any atom is -0.421 e. The molecule has 0 aliphatic carbocycles. The lowest BCUT2D eigenvalue weighted by Crippen LogP contribution is -2.33. The van der Waals surface area contributed by atoms with E-state index in [0.717, 1.165) is 47.0 Å². The van der Waals surface area contributed by atoms with E-state index < -0.39 is 62.1 Å². The second-order valence-corrected chi connectivity index (χ2v) is 18.3. The Balaban J connectivity index is 0.000000922. The van der Waals surface area contributed by atoms with Crippen LogP contribution in [0.2, 0.25) is 0 Å². The van der Waals surface area contributed by atoms with E-state index in [-0.39, 0.29) is 0 Å². The van der Waals surface area contributed by atoms with Crippen molar-refractivity contribution in [3.05, 3.63) is 57.3 Å². The first-order chi connectivity index (χ1) is 26.2. The van der Waals surface area contributed by atoms with Gasteiger partial charge in [-0.25, -0.2) is 42.8 Å². The quantitative estimate of drug-likeness (QED) is 0.0962. The second kappa shape index (κ2) is 23.2. The van der Waals surface area contributed by atoms with Crippen LogP contribution >= 0.6 is 0 Å². The summed E-state index contributed by atoms with van der Waals surface area (Å²) in [5.41, 5.74) is -22.3. The molecule has 0 atom stereocenters. The Hall–Kier alpha value is -2.90. The molecule has 0 radical (unpaired) electrons. The van der Waals surface area contributed by atoms with E-state index in [0.29, 0.717) is 13.2 Å². The van der Waals surface area contributed by atoms with E-state index in [4.69, 9.17) is 10.2 Å². The Morgan fingerprint density at radius 1 is 0.397 bits per heavy atom. The fourth-order valence-corrected chi connectivity index (χ4v) is 7.32. The smallest absolute Gasteiger partial charge is 0.421 e. The highest BCUT2D eigenvalue weighted by Gasteiger charge is 2.48. The number of nitrogens with zero attached hydrogens (tertiary/aromatic N) is 4. The molecular formula is C28H38F12N4O10S4. The fraction of sp³-hybridized carbons (Fsp3) is 0.643. The second-order valence-electron chi connectivity index (χ2n) is 11.5. The number of rotatable bonds is 19. The highest BCUT2D eigenvalue weighted by atomic mass is 32.3. The molecule has 2 aromatic heterocycles. The van der Waals surface area contributed by atoms with Crippen molar-refractivity contribution in [3.63, 3.8) is 0 Å². The number of alkyl halides is 12. The molecule has 0 aromatic carbocycles. The molecule has 2 N–H and O–H groups in total. The fourth-order valence-electron chi connectivity index (χ4n) is 3.90. The zero-order valence-corrected chi connectivity index (χ0v) is 32.9. The number of hydrogen-bond acceptors (Lipinski definition) is 10. The van der Waals surface area contributed by atoms with Gasteiger partial charge >= 0.3 is 22.0 Å². The summed E-state index contributed by atoms with van der Waals surface area (Å²) in [6.45, 7) is 2.77. The van der Waals surface area contributed by atoms with Gasteiger partial charge in [-0.3, -0.25) is 0 Å². The van der Waals surface area contributed by atoms with Gasteiger partial charge in [0.05, 0.1) is 0 Å². The van der Waals surface area contributed by atoms with Crippen LogP contribution in [0.5, 0.6) is 0 Å². The molecule has 2 rings (SSSR count). The third-order valence-electron chi connectivity index (χ3n) is 6.83. The van der Waals surface area contributed by atoms with E-state index in [1.54, 1.807) is 0 Å². The number of aryl methyl sites for hydroxylation is 2. The summed E-state index contributed by atoms with van der Waals surface area (Å²) >= 11 is 0. The summed E-state index contributed by atoms with van der Waals surface area (Å²) in [5, 5.41) is 17.6. The molecule has 58 heavy (non-hydrogen) atoms. The van der Waals surface area contributed by atoms with Crippen molar-refractivity contribution < 1.29 is 106 Å². The van der Waals surface area contributed by atoms with Gasteiger partial charge in [0, 0.05) is 50.3 Å². The van der Waals surface area contributed by atoms with Crippen LogP contribution in [0.15, 0.2) is 49.1 Å². The number of halogens is 12. The number of aliphatic hydroxyl groups is 2. The average molecular weight is 947 g/mol. The number of aromatic nitrogens is 2. The Kier molecular flexibility index (Phi) is 22.0. The van der Waals surface area contributed by atoms with Crippen molar-refractivity contribution in [2.75, 3.05) is 13.2 Å². The number of sulfonamides is 4. The maximum atomic E-state index is 11.4. The molecule has 0 bridgehead atoms. The Morgan fingerprint density at radius 2 is 0.603 bits per heavy atom. The predicted molar refractivity (Wildman–Crippen MR) is 179 cm³/mol.